The van der Waals surface area contributed by atoms with Gasteiger partial charge in [-0.05, 0) is 12.5 Å². The lowest BCUT2D eigenvalue weighted by Gasteiger charge is -1.97. The highest BCUT2D eigenvalue weighted by Crippen LogP contribution is 2.04. The molecular formula is C9H15N3O. The van der Waals surface area contributed by atoms with Crippen LogP contribution in [0.25, 0.3) is 0 Å². The summed E-state index contributed by atoms with van der Waals surface area (Å²) in [5.74, 6) is 0.0469. The van der Waals surface area contributed by atoms with Gasteiger partial charge in [-0.25, -0.2) is 0 Å². The van der Waals surface area contributed by atoms with E-state index in [1.54, 1.807) is 4.68 Å². The summed E-state index contributed by atoms with van der Waals surface area (Å²) < 4.78 is 1.74. The summed E-state index contributed by atoms with van der Waals surface area (Å²) in [6.45, 7) is 2.14. The third kappa shape index (κ3) is 2.39. The second-order valence-electron chi connectivity index (χ2n) is 3.02. The maximum atomic E-state index is 11.1. The van der Waals surface area contributed by atoms with E-state index in [1.165, 1.54) is 0 Å². The van der Waals surface area contributed by atoms with Gasteiger partial charge in [0.15, 0.2) is 5.78 Å². The number of carbonyl (C=O) groups is 1. The maximum Gasteiger partial charge on any atom is 0.152 e. The van der Waals surface area contributed by atoms with Crippen molar-refractivity contribution in [3.63, 3.8) is 0 Å². The molecule has 0 spiro atoms. The third-order valence-corrected chi connectivity index (χ3v) is 2.00. The van der Waals surface area contributed by atoms with Crippen molar-refractivity contribution in [1.82, 2.24) is 9.78 Å². The van der Waals surface area contributed by atoms with E-state index in [0.29, 0.717) is 6.42 Å². The Morgan fingerprint density at radius 1 is 1.69 bits per heavy atom. The van der Waals surface area contributed by atoms with Gasteiger partial charge in [-0.3, -0.25) is 9.48 Å². The molecule has 13 heavy (non-hydrogen) atoms. The Morgan fingerprint density at radius 3 is 2.85 bits per heavy atom. The SMILES string of the molecule is CCc1cc(CC(=O)CN)n(C)n1. The van der Waals surface area contributed by atoms with Gasteiger partial charge in [0.25, 0.3) is 0 Å². The van der Waals surface area contributed by atoms with Crippen molar-refractivity contribution < 1.29 is 4.79 Å². The summed E-state index contributed by atoms with van der Waals surface area (Å²) in [5, 5.41) is 4.24. The lowest BCUT2D eigenvalue weighted by molar-refractivity contribution is -0.117. The number of aromatic nitrogens is 2. The number of hydrogen-bond donors (Lipinski definition) is 1. The Balaban J connectivity index is 2.76. The van der Waals surface area contributed by atoms with Crippen molar-refractivity contribution in [3.8, 4) is 0 Å². The quantitative estimate of drug-likeness (QED) is 0.714. The molecule has 0 aliphatic heterocycles. The molecule has 0 amide bonds. The molecular weight excluding hydrogens is 166 g/mol. The zero-order valence-corrected chi connectivity index (χ0v) is 8.08. The van der Waals surface area contributed by atoms with Gasteiger partial charge in [0, 0.05) is 19.2 Å². The van der Waals surface area contributed by atoms with Crippen LogP contribution in [0.4, 0.5) is 0 Å². The van der Waals surface area contributed by atoms with E-state index < -0.39 is 0 Å². The van der Waals surface area contributed by atoms with E-state index in [0.717, 1.165) is 17.8 Å². The van der Waals surface area contributed by atoms with E-state index in [1.807, 2.05) is 20.0 Å². The smallest absolute Gasteiger partial charge is 0.152 e. The predicted molar refractivity (Wildman–Crippen MR) is 50.4 cm³/mol. The van der Waals surface area contributed by atoms with Crippen LogP contribution in [-0.2, 0) is 24.7 Å². The van der Waals surface area contributed by atoms with Crippen molar-refractivity contribution in [3.05, 3.63) is 17.5 Å². The van der Waals surface area contributed by atoms with Gasteiger partial charge < -0.3 is 5.73 Å². The minimum Gasteiger partial charge on any atom is -0.324 e. The van der Waals surface area contributed by atoms with E-state index in [9.17, 15) is 4.79 Å². The van der Waals surface area contributed by atoms with Gasteiger partial charge in [0.1, 0.15) is 0 Å². The molecule has 0 saturated carbocycles. The fourth-order valence-corrected chi connectivity index (χ4v) is 1.18. The summed E-state index contributed by atoms with van der Waals surface area (Å²) in [6.07, 6.45) is 1.28. The average Bonchev–Trinajstić information content (AvgIpc) is 2.47. The van der Waals surface area contributed by atoms with Crippen molar-refractivity contribution in [2.75, 3.05) is 6.54 Å². The molecule has 1 rings (SSSR count). The van der Waals surface area contributed by atoms with Crippen LogP contribution >= 0.6 is 0 Å². The number of nitrogens with zero attached hydrogens (tertiary/aromatic N) is 2. The molecule has 1 aromatic heterocycles. The van der Waals surface area contributed by atoms with Crippen LogP contribution in [0.2, 0.25) is 0 Å². The molecule has 0 saturated heterocycles. The van der Waals surface area contributed by atoms with Crippen molar-refractivity contribution in [2.24, 2.45) is 12.8 Å². The third-order valence-electron chi connectivity index (χ3n) is 2.00. The molecule has 1 heterocycles. The average molecular weight is 181 g/mol. The number of Topliss-reactive ketones (excluding diaryl/α,β-unsaturated/α-hetero) is 1. The van der Waals surface area contributed by atoms with Crippen LogP contribution in [0.1, 0.15) is 18.3 Å². The minimum absolute atomic E-state index is 0.0469. The Bertz CT molecular complexity index is 304. The molecule has 0 bridgehead atoms. The van der Waals surface area contributed by atoms with Crippen molar-refractivity contribution in [1.29, 1.82) is 0 Å². The monoisotopic (exact) mass is 181 g/mol. The number of nitrogens with two attached hydrogens (primary N) is 1. The first-order valence-corrected chi connectivity index (χ1v) is 4.41. The number of rotatable bonds is 4. The number of aryl methyl sites for hydroxylation is 2. The highest BCUT2D eigenvalue weighted by molar-refractivity contribution is 5.82. The molecule has 0 aliphatic carbocycles. The first kappa shape index (κ1) is 9.92. The maximum absolute atomic E-state index is 11.1. The summed E-state index contributed by atoms with van der Waals surface area (Å²) in [6, 6.07) is 1.95. The fraction of sp³-hybridized carbons (Fsp3) is 0.556. The molecule has 0 radical (unpaired) electrons. The molecule has 0 unspecified atom stereocenters. The molecule has 4 nitrogen and oxygen atoms in total. The molecule has 72 valence electrons. The fourth-order valence-electron chi connectivity index (χ4n) is 1.18. The zero-order chi connectivity index (χ0) is 9.84. The standard InChI is InChI=1S/C9H15N3O/c1-3-7-4-8(12(2)11-7)5-9(13)6-10/h4H,3,5-6,10H2,1-2H3. The Hall–Kier alpha value is -1.16. The molecule has 0 atom stereocenters. The summed E-state index contributed by atoms with van der Waals surface area (Å²) >= 11 is 0. The first-order chi connectivity index (χ1) is 6.17. The highest BCUT2D eigenvalue weighted by Gasteiger charge is 2.07. The Kier molecular flexibility index (Phi) is 3.19. The highest BCUT2D eigenvalue weighted by atomic mass is 16.1. The van der Waals surface area contributed by atoms with Gasteiger partial charge >= 0.3 is 0 Å². The van der Waals surface area contributed by atoms with E-state index in [4.69, 9.17) is 5.73 Å². The van der Waals surface area contributed by atoms with E-state index in [-0.39, 0.29) is 12.3 Å². The number of hydrogen-bond acceptors (Lipinski definition) is 3. The molecule has 0 aromatic carbocycles. The summed E-state index contributed by atoms with van der Waals surface area (Å²) in [4.78, 5) is 11.1. The lowest BCUT2D eigenvalue weighted by atomic mass is 10.2. The molecule has 0 fully saturated rings. The second-order valence-corrected chi connectivity index (χ2v) is 3.02. The molecule has 2 N–H and O–H groups in total. The van der Waals surface area contributed by atoms with Gasteiger partial charge in [0.2, 0.25) is 0 Å². The van der Waals surface area contributed by atoms with Crippen LogP contribution in [0.5, 0.6) is 0 Å². The topological polar surface area (TPSA) is 60.9 Å². The number of ketones is 1. The molecule has 1 aromatic rings. The van der Waals surface area contributed by atoms with Crippen LogP contribution in [0.15, 0.2) is 6.07 Å². The normalized spacial score (nSPS) is 10.4. The van der Waals surface area contributed by atoms with Crippen LogP contribution in [-0.4, -0.2) is 22.1 Å². The van der Waals surface area contributed by atoms with Gasteiger partial charge in [-0.15, -0.1) is 0 Å². The predicted octanol–water partition coefficient (Wildman–Crippen LogP) is 0.0528. The number of carbonyl (C=O) groups excluding carboxylic acids is 1. The lowest BCUT2D eigenvalue weighted by Crippen LogP contribution is -2.17. The van der Waals surface area contributed by atoms with Gasteiger partial charge in [0.05, 0.1) is 12.2 Å². The summed E-state index contributed by atoms with van der Waals surface area (Å²) in [7, 11) is 1.85. The van der Waals surface area contributed by atoms with Crippen LogP contribution in [0, 0.1) is 0 Å². The zero-order valence-electron chi connectivity index (χ0n) is 8.08. The minimum atomic E-state index is 0.0469. The van der Waals surface area contributed by atoms with Crippen LogP contribution < -0.4 is 5.73 Å². The molecule has 0 aliphatic rings. The van der Waals surface area contributed by atoms with E-state index >= 15 is 0 Å². The molecule has 4 heteroatoms. The largest absolute Gasteiger partial charge is 0.324 e. The Morgan fingerprint density at radius 2 is 2.38 bits per heavy atom. The second kappa shape index (κ2) is 4.18. The van der Waals surface area contributed by atoms with Gasteiger partial charge in [-0.2, -0.15) is 5.10 Å². The first-order valence-electron chi connectivity index (χ1n) is 4.41. The van der Waals surface area contributed by atoms with Crippen LogP contribution in [0.3, 0.4) is 0 Å². The summed E-state index contributed by atoms with van der Waals surface area (Å²) in [5.41, 5.74) is 7.18. The van der Waals surface area contributed by atoms with E-state index in [2.05, 4.69) is 5.10 Å². The van der Waals surface area contributed by atoms with Crippen molar-refractivity contribution >= 4 is 5.78 Å². The van der Waals surface area contributed by atoms with Crippen molar-refractivity contribution in [2.45, 2.75) is 19.8 Å². The van der Waals surface area contributed by atoms with Gasteiger partial charge in [-0.1, -0.05) is 6.92 Å². The Labute approximate surface area is 77.7 Å².